The number of aliphatic hydroxyl groups is 1. The van der Waals surface area contributed by atoms with E-state index in [0.717, 1.165) is 13.8 Å². The number of thioether (sulfide) groups is 1. The van der Waals surface area contributed by atoms with Gasteiger partial charge in [0.1, 0.15) is 49.2 Å². The molecule has 3 rings (SSSR count). The molecule has 0 aromatic heterocycles. The van der Waals surface area contributed by atoms with Crippen molar-refractivity contribution in [2.45, 2.75) is 95.5 Å². The van der Waals surface area contributed by atoms with Gasteiger partial charge in [-0.2, -0.15) is 0 Å². The summed E-state index contributed by atoms with van der Waals surface area (Å²) in [6, 6.07) is 8.09. The average molecular weight is 643 g/mol. The van der Waals surface area contributed by atoms with Gasteiger partial charge < -0.3 is 43.0 Å². The van der Waals surface area contributed by atoms with E-state index in [4.69, 9.17) is 37.9 Å². The first-order valence-electron chi connectivity index (χ1n) is 14.0. The Morgan fingerprint density at radius 3 is 2.00 bits per heavy atom. The van der Waals surface area contributed by atoms with E-state index in [0.29, 0.717) is 5.75 Å². The fraction of sp³-hybridized carbons (Fsp3) is 0.621. The molecule has 0 amide bonds. The maximum atomic E-state index is 12.6. The molecule has 0 aliphatic carbocycles. The first-order valence-corrected chi connectivity index (χ1v) is 15.1. The van der Waals surface area contributed by atoms with Crippen LogP contribution in [0.4, 0.5) is 0 Å². The van der Waals surface area contributed by atoms with Gasteiger partial charge in [0.05, 0.1) is 5.56 Å². The topological polar surface area (TPSA) is 179 Å². The number of benzene rings is 1. The molecule has 2 saturated heterocycles. The summed E-state index contributed by atoms with van der Waals surface area (Å²) >= 11 is 1.44. The molecular formula is C29H38O14S. The van der Waals surface area contributed by atoms with Crippen LogP contribution in [0.25, 0.3) is 0 Å². The van der Waals surface area contributed by atoms with Crippen molar-refractivity contribution in [2.75, 3.05) is 19.0 Å². The minimum atomic E-state index is -1.62. The Bertz CT molecular complexity index is 1150. The van der Waals surface area contributed by atoms with E-state index >= 15 is 0 Å². The van der Waals surface area contributed by atoms with Gasteiger partial charge >= 0.3 is 29.8 Å². The van der Waals surface area contributed by atoms with Crippen LogP contribution < -0.4 is 0 Å². The van der Waals surface area contributed by atoms with Gasteiger partial charge in [-0.3, -0.25) is 19.2 Å². The van der Waals surface area contributed by atoms with Gasteiger partial charge in [-0.25, -0.2) is 4.79 Å². The molecular weight excluding hydrogens is 604 g/mol. The highest BCUT2D eigenvalue weighted by Crippen LogP contribution is 2.35. The summed E-state index contributed by atoms with van der Waals surface area (Å²) in [7, 11) is 0. The molecule has 0 bridgehead atoms. The molecule has 244 valence electrons. The number of aliphatic hydroxyl groups excluding tert-OH is 1. The van der Waals surface area contributed by atoms with Crippen molar-refractivity contribution < 1.29 is 67.0 Å². The van der Waals surface area contributed by atoms with Crippen LogP contribution in [0.2, 0.25) is 0 Å². The first-order chi connectivity index (χ1) is 20.9. The molecule has 44 heavy (non-hydrogen) atoms. The van der Waals surface area contributed by atoms with E-state index in [2.05, 4.69) is 0 Å². The number of rotatable bonds is 12. The van der Waals surface area contributed by atoms with Gasteiger partial charge in [-0.15, -0.1) is 11.8 Å². The second kappa shape index (κ2) is 16.7. The Labute approximate surface area is 258 Å². The molecule has 0 saturated carbocycles. The zero-order valence-electron chi connectivity index (χ0n) is 25.1. The summed E-state index contributed by atoms with van der Waals surface area (Å²) in [5.74, 6) is -2.85. The van der Waals surface area contributed by atoms with Crippen LogP contribution in [0.5, 0.6) is 0 Å². The third kappa shape index (κ3) is 10.2. The number of ether oxygens (including phenoxy) is 8. The van der Waals surface area contributed by atoms with E-state index in [1.807, 2.05) is 6.92 Å². The smallest absolute Gasteiger partial charge is 0.338 e. The number of hydrogen-bond acceptors (Lipinski definition) is 15. The summed E-state index contributed by atoms with van der Waals surface area (Å²) in [4.78, 5) is 60.5. The summed E-state index contributed by atoms with van der Waals surface area (Å²) in [6.45, 7) is 5.77. The summed E-state index contributed by atoms with van der Waals surface area (Å²) < 4.78 is 45.3. The van der Waals surface area contributed by atoms with Gasteiger partial charge in [-0.1, -0.05) is 25.1 Å². The van der Waals surface area contributed by atoms with Gasteiger partial charge in [-0.05, 0) is 17.9 Å². The Hall–Kier alpha value is -3.24. The molecule has 1 aromatic rings. The highest BCUT2D eigenvalue weighted by atomic mass is 32.2. The van der Waals surface area contributed by atoms with Crippen LogP contribution in [0.1, 0.15) is 51.4 Å². The lowest BCUT2D eigenvalue weighted by Gasteiger charge is -2.46. The molecule has 1 N–H and O–H groups in total. The molecule has 1 aromatic carbocycles. The molecule has 0 spiro atoms. The van der Waals surface area contributed by atoms with E-state index < -0.39 is 90.9 Å². The lowest BCUT2D eigenvalue weighted by Crippen LogP contribution is -2.64. The van der Waals surface area contributed by atoms with E-state index in [-0.39, 0.29) is 18.6 Å². The van der Waals surface area contributed by atoms with Gasteiger partial charge in [0.2, 0.25) is 0 Å². The van der Waals surface area contributed by atoms with Crippen LogP contribution in [0.3, 0.4) is 0 Å². The highest BCUT2D eigenvalue weighted by Gasteiger charge is 2.53. The van der Waals surface area contributed by atoms with Crippen LogP contribution >= 0.6 is 11.8 Å². The molecule has 2 aliphatic rings. The van der Waals surface area contributed by atoms with Crippen molar-refractivity contribution in [2.24, 2.45) is 0 Å². The number of carbonyl (C=O) groups is 5. The summed E-state index contributed by atoms with van der Waals surface area (Å²) in [6.07, 6.45) is -10.4. The first kappa shape index (κ1) is 35.2. The lowest BCUT2D eigenvalue weighted by atomic mass is 9.97. The number of hydrogen-bond donors (Lipinski definition) is 1. The standard InChI is InChI=1S/C29H38O14S/c1-6-44-23-12-20(38-16(3)31)25(22(41-23)14-36-15(2)30)43-29-27(40-18(5)33)26(39-17(4)32)24(34)21(42-29)13-37-28(35)19-10-8-7-9-11-19/h7-11,20-27,29,34H,6,12-14H2,1-5H3/t20-,21-,22-,23+,24-,25+,26+,27-,29-/m1/s1. The van der Waals surface area contributed by atoms with Crippen molar-refractivity contribution in [1.29, 1.82) is 0 Å². The highest BCUT2D eigenvalue weighted by molar-refractivity contribution is 7.99. The Kier molecular flexibility index (Phi) is 13.4. The number of esters is 5. The van der Waals surface area contributed by atoms with Gasteiger partial charge in [0.25, 0.3) is 0 Å². The molecule has 15 heteroatoms. The minimum Gasteiger partial charge on any atom is -0.463 e. The predicted octanol–water partition coefficient (Wildman–Crippen LogP) is 1.54. The van der Waals surface area contributed by atoms with Crippen molar-refractivity contribution in [3.8, 4) is 0 Å². The molecule has 14 nitrogen and oxygen atoms in total. The molecule has 0 unspecified atom stereocenters. The van der Waals surface area contributed by atoms with Crippen molar-refractivity contribution in [1.82, 2.24) is 0 Å². The lowest BCUT2D eigenvalue weighted by molar-refractivity contribution is -0.334. The Morgan fingerprint density at radius 2 is 1.41 bits per heavy atom. The van der Waals surface area contributed by atoms with Crippen LogP contribution in [0.15, 0.2) is 30.3 Å². The third-order valence-corrected chi connectivity index (χ3v) is 7.52. The molecule has 2 heterocycles. The molecule has 2 fully saturated rings. The van der Waals surface area contributed by atoms with Crippen molar-refractivity contribution in [3.63, 3.8) is 0 Å². The maximum Gasteiger partial charge on any atom is 0.338 e. The Morgan fingerprint density at radius 1 is 0.795 bits per heavy atom. The quantitative estimate of drug-likeness (QED) is 0.256. The second-order valence-electron chi connectivity index (χ2n) is 9.99. The summed E-state index contributed by atoms with van der Waals surface area (Å²) in [5.41, 5.74) is -0.196. The SMILES string of the molecule is CCS[C@H]1C[C@@H](OC(C)=O)[C@H](O[C@H]2O[C@H](COC(=O)c3ccccc3)[C@@H](O)[C@H](OC(C)=O)[C@H]2OC(C)=O)[C@@H](COC(C)=O)O1. The second-order valence-corrected chi connectivity index (χ2v) is 11.4. The Balaban J connectivity index is 1.95. The van der Waals surface area contributed by atoms with E-state index in [1.54, 1.807) is 18.2 Å². The maximum absolute atomic E-state index is 12.6. The minimum absolute atomic E-state index is 0.193. The number of carbonyl (C=O) groups excluding carboxylic acids is 5. The van der Waals surface area contributed by atoms with Crippen LogP contribution in [-0.2, 0) is 57.1 Å². The zero-order valence-corrected chi connectivity index (χ0v) is 25.9. The van der Waals surface area contributed by atoms with Crippen LogP contribution in [0, 0.1) is 0 Å². The normalized spacial score (nSPS) is 30.0. The van der Waals surface area contributed by atoms with E-state index in [1.165, 1.54) is 37.7 Å². The zero-order chi connectivity index (χ0) is 32.4. The summed E-state index contributed by atoms with van der Waals surface area (Å²) in [5, 5.41) is 11.1. The predicted molar refractivity (Wildman–Crippen MR) is 151 cm³/mol. The fourth-order valence-electron chi connectivity index (χ4n) is 4.77. The van der Waals surface area contributed by atoms with Crippen molar-refractivity contribution >= 4 is 41.6 Å². The van der Waals surface area contributed by atoms with Gasteiger partial charge in [0, 0.05) is 34.1 Å². The average Bonchev–Trinajstić information content (AvgIpc) is 2.95. The van der Waals surface area contributed by atoms with Crippen LogP contribution in [-0.4, -0.2) is 108 Å². The van der Waals surface area contributed by atoms with Crippen molar-refractivity contribution in [3.05, 3.63) is 35.9 Å². The largest absolute Gasteiger partial charge is 0.463 e. The van der Waals surface area contributed by atoms with E-state index in [9.17, 15) is 29.1 Å². The monoisotopic (exact) mass is 642 g/mol. The third-order valence-electron chi connectivity index (χ3n) is 6.51. The molecule has 9 atom stereocenters. The molecule has 0 radical (unpaired) electrons. The molecule has 2 aliphatic heterocycles. The van der Waals surface area contributed by atoms with Gasteiger partial charge in [0.15, 0.2) is 18.5 Å². The fourth-order valence-corrected chi connectivity index (χ4v) is 5.69.